The van der Waals surface area contributed by atoms with E-state index in [0.29, 0.717) is 11.7 Å². The van der Waals surface area contributed by atoms with Crippen molar-refractivity contribution in [1.29, 1.82) is 0 Å². The van der Waals surface area contributed by atoms with Gasteiger partial charge in [-0.1, -0.05) is 50.2 Å². The van der Waals surface area contributed by atoms with Gasteiger partial charge in [0.05, 0.1) is 7.11 Å². The first-order valence-corrected chi connectivity index (χ1v) is 12.9. The van der Waals surface area contributed by atoms with Crippen LogP contribution in [-0.2, 0) is 24.7 Å². The highest BCUT2D eigenvalue weighted by Gasteiger charge is 2.23. The number of aromatic hydroxyl groups is 1. The van der Waals surface area contributed by atoms with E-state index in [1.807, 2.05) is 19.2 Å². The van der Waals surface area contributed by atoms with Gasteiger partial charge in [0.15, 0.2) is 0 Å². The van der Waals surface area contributed by atoms with Crippen LogP contribution in [0.5, 0.6) is 11.5 Å². The van der Waals surface area contributed by atoms with Crippen LogP contribution >= 0.6 is 0 Å². The van der Waals surface area contributed by atoms with Crippen LogP contribution in [0.15, 0.2) is 60.7 Å². The number of methoxy groups -OCH3 is 1. The van der Waals surface area contributed by atoms with Gasteiger partial charge in [-0.25, -0.2) is 0 Å². The fraction of sp³-hybridized carbons (Fsp3) is 0.419. The normalized spacial score (nSPS) is 15.5. The third-order valence-electron chi connectivity index (χ3n) is 7.43. The average Bonchev–Trinajstić information content (AvgIpc) is 2.86. The first kappa shape index (κ1) is 25.1. The molecule has 0 spiro atoms. The van der Waals surface area contributed by atoms with E-state index in [0.717, 1.165) is 50.9 Å². The zero-order chi connectivity index (χ0) is 24.8. The number of phenols is 1. The SMILES string of the molecule is CNCC(C)(C)c1ccc(CCCNc2cc(OC)ccc2[C@@H]2CCc3cc(O)ccc3C2)cc1. The molecule has 0 bridgehead atoms. The first-order chi connectivity index (χ1) is 16.9. The summed E-state index contributed by atoms with van der Waals surface area (Å²) in [5.41, 5.74) is 8.07. The van der Waals surface area contributed by atoms with Gasteiger partial charge < -0.3 is 20.5 Å². The monoisotopic (exact) mass is 472 g/mol. The average molecular weight is 473 g/mol. The van der Waals surface area contributed by atoms with Crippen LogP contribution < -0.4 is 15.4 Å². The minimum atomic E-state index is 0.137. The molecule has 0 amide bonds. The number of likely N-dealkylation sites (N-methyl/N-ethyl adjacent to an activating group) is 1. The Hall–Kier alpha value is -2.98. The van der Waals surface area contributed by atoms with E-state index in [2.05, 4.69) is 73.0 Å². The first-order valence-electron chi connectivity index (χ1n) is 12.9. The highest BCUT2D eigenvalue weighted by atomic mass is 16.5. The molecule has 0 saturated carbocycles. The van der Waals surface area contributed by atoms with Crippen molar-refractivity contribution in [3.8, 4) is 11.5 Å². The molecule has 4 rings (SSSR count). The molecule has 1 aliphatic carbocycles. The molecule has 0 fully saturated rings. The number of phenolic OH excluding ortho intramolecular Hbond substituents is 1. The van der Waals surface area contributed by atoms with Crippen LogP contribution in [0.1, 0.15) is 60.4 Å². The number of nitrogens with one attached hydrogen (secondary N) is 2. The fourth-order valence-electron chi connectivity index (χ4n) is 5.36. The van der Waals surface area contributed by atoms with Gasteiger partial charge in [0.1, 0.15) is 11.5 Å². The zero-order valence-electron chi connectivity index (χ0n) is 21.7. The zero-order valence-corrected chi connectivity index (χ0v) is 21.7. The third-order valence-corrected chi connectivity index (χ3v) is 7.43. The Bertz CT molecular complexity index is 1120. The summed E-state index contributed by atoms with van der Waals surface area (Å²) in [6.07, 6.45) is 5.23. The quantitative estimate of drug-likeness (QED) is 0.307. The number of aryl methyl sites for hydroxylation is 2. The molecule has 4 heteroatoms. The second-order valence-electron chi connectivity index (χ2n) is 10.5. The molecule has 186 valence electrons. The molecule has 0 radical (unpaired) electrons. The van der Waals surface area contributed by atoms with Gasteiger partial charge in [-0.3, -0.25) is 0 Å². The van der Waals surface area contributed by atoms with E-state index in [4.69, 9.17) is 4.74 Å². The molecule has 0 unspecified atom stereocenters. The summed E-state index contributed by atoms with van der Waals surface area (Å²) in [6, 6.07) is 21.4. The molecular formula is C31H40N2O2. The van der Waals surface area contributed by atoms with E-state index in [1.54, 1.807) is 7.11 Å². The van der Waals surface area contributed by atoms with Crippen molar-refractivity contribution in [3.63, 3.8) is 0 Å². The van der Waals surface area contributed by atoms with Gasteiger partial charge in [-0.2, -0.15) is 0 Å². The number of ether oxygens (including phenoxy) is 1. The number of hydrogen-bond donors (Lipinski definition) is 3. The lowest BCUT2D eigenvalue weighted by atomic mass is 9.79. The molecule has 0 aromatic heterocycles. The van der Waals surface area contributed by atoms with Gasteiger partial charge >= 0.3 is 0 Å². The molecule has 3 aromatic carbocycles. The van der Waals surface area contributed by atoms with Crippen molar-refractivity contribution >= 4 is 5.69 Å². The van der Waals surface area contributed by atoms with Gasteiger partial charge in [0, 0.05) is 30.3 Å². The maximum atomic E-state index is 9.82. The van der Waals surface area contributed by atoms with Gasteiger partial charge in [0.25, 0.3) is 0 Å². The van der Waals surface area contributed by atoms with E-state index >= 15 is 0 Å². The molecule has 35 heavy (non-hydrogen) atoms. The Labute approximate surface area is 210 Å². The Morgan fingerprint density at radius 2 is 1.80 bits per heavy atom. The van der Waals surface area contributed by atoms with E-state index in [1.165, 1.54) is 33.5 Å². The lowest BCUT2D eigenvalue weighted by Crippen LogP contribution is -2.30. The van der Waals surface area contributed by atoms with Crippen molar-refractivity contribution in [2.75, 3.05) is 32.6 Å². The minimum absolute atomic E-state index is 0.137. The number of rotatable bonds is 10. The standard InChI is InChI=1S/C31H40N2O2/c1-31(2,21-32-3)26-12-7-22(8-13-26)6-5-17-33-30-20-28(35-4)15-16-29(30)25-10-9-24-19-27(34)14-11-23(24)18-25/h7-8,11-16,19-20,25,32-34H,5-6,9-10,17-18,21H2,1-4H3/t25-/m1/s1. The highest BCUT2D eigenvalue weighted by molar-refractivity contribution is 5.57. The van der Waals surface area contributed by atoms with Crippen LogP contribution in [0.2, 0.25) is 0 Å². The number of benzene rings is 3. The van der Waals surface area contributed by atoms with Crippen molar-refractivity contribution in [1.82, 2.24) is 5.32 Å². The Morgan fingerprint density at radius 3 is 2.54 bits per heavy atom. The van der Waals surface area contributed by atoms with E-state index < -0.39 is 0 Å². The second kappa shape index (κ2) is 11.2. The Morgan fingerprint density at radius 1 is 1.00 bits per heavy atom. The smallest absolute Gasteiger partial charge is 0.120 e. The maximum absolute atomic E-state index is 9.82. The molecule has 3 N–H and O–H groups in total. The lowest BCUT2D eigenvalue weighted by molar-refractivity contribution is 0.414. The summed E-state index contributed by atoms with van der Waals surface area (Å²) in [6.45, 7) is 6.45. The lowest BCUT2D eigenvalue weighted by Gasteiger charge is -2.27. The fourth-order valence-corrected chi connectivity index (χ4v) is 5.36. The topological polar surface area (TPSA) is 53.5 Å². The number of anilines is 1. The van der Waals surface area contributed by atoms with E-state index in [9.17, 15) is 5.11 Å². The number of hydrogen-bond acceptors (Lipinski definition) is 4. The molecule has 0 saturated heterocycles. The van der Waals surface area contributed by atoms with Crippen molar-refractivity contribution < 1.29 is 9.84 Å². The van der Waals surface area contributed by atoms with Crippen LogP contribution in [-0.4, -0.2) is 32.4 Å². The third kappa shape index (κ3) is 6.18. The Balaban J connectivity index is 1.38. The largest absolute Gasteiger partial charge is 0.508 e. The summed E-state index contributed by atoms with van der Waals surface area (Å²) in [7, 11) is 3.74. The van der Waals surface area contributed by atoms with E-state index in [-0.39, 0.29) is 5.41 Å². The van der Waals surface area contributed by atoms with Crippen molar-refractivity contribution in [3.05, 3.63) is 88.5 Å². The molecule has 3 aromatic rings. The molecule has 0 aliphatic heterocycles. The minimum Gasteiger partial charge on any atom is -0.508 e. The van der Waals surface area contributed by atoms with Crippen molar-refractivity contribution in [2.24, 2.45) is 0 Å². The maximum Gasteiger partial charge on any atom is 0.120 e. The predicted octanol–water partition coefficient (Wildman–Crippen LogP) is 6.22. The summed E-state index contributed by atoms with van der Waals surface area (Å²) in [5, 5.41) is 16.8. The molecule has 1 atom stereocenters. The molecule has 1 aliphatic rings. The van der Waals surface area contributed by atoms with Crippen LogP contribution in [0.25, 0.3) is 0 Å². The summed E-state index contributed by atoms with van der Waals surface area (Å²) in [4.78, 5) is 0. The van der Waals surface area contributed by atoms with Crippen LogP contribution in [0, 0.1) is 0 Å². The molecule has 0 heterocycles. The van der Waals surface area contributed by atoms with Gasteiger partial charge in [-0.05, 0) is 91.1 Å². The van der Waals surface area contributed by atoms with Gasteiger partial charge in [-0.15, -0.1) is 0 Å². The predicted molar refractivity (Wildman–Crippen MR) is 146 cm³/mol. The highest BCUT2D eigenvalue weighted by Crippen LogP contribution is 2.38. The summed E-state index contributed by atoms with van der Waals surface area (Å²) in [5.74, 6) is 1.72. The van der Waals surface area contributed by atoms with Crippen LogP contribution in [0.3, 0.4) is 0 Å². The van der Waals surface area contributed by atoms with Gasteiger partial charge in [0.2, 0.25) is 0 Å². The Kier molecular flexibility index (Phi) is 8.02. The molecule has 4 nitrogen and oxygen atoms in total. The summed E-state index contributed by atoms with van der Waals surface area (Å²) >= 11 is 0. The molecular weight excluding hydrogens is 432 g/mol. The van der Waals surface area contributed by atoms with Crippen molar-refractivity contribution in [2.45, 2.75) is 57.3 Å². The van der Waals surface area contributed by atoms with Crippen LogP contribution in [0.4, 0.5) is 5.69 Å². The second-order valence-corrected chi connectivity index (χ2v) is 10.5. The number of fused-ring (bicyclic) bond motifs is 1. The summed E-state index contributed by atoms with van der Waals surface area (Å²) < 4.78 is 5.53.